The smallest absolute Gasteiger partial charge is 0.251 e. The summed E-state index contributed by atoms with van der Waals surface area (Å²) in [6, 6.07) is 9.34. The number of hydrogen-bond acceptors (Lipinski definition) is 4. The summed E-state index contributed by atoms with van der Waals surface area (Å²) in [7, 11) is 0. The Balaban J connectivity index is 1.44. The molecule has 1 aliphatic rings. The van der Waals surface area contributed by atoms with Crippen LogP contribution in [-0.4, -0.2) is 41.0 Å². The quantitative estimate of drug-likeness (QED) is 0.895. The van der Waals surface area contributed by atoms with Crippen LogP contribution in [0.15, 0.2) is 34.9 Å². The SMILES string of the molecule is Cc1noc(C)c1CCC(=O)N1CCC(NC(=O)c2ccccc2)CC1. The van der Waals surface area contributed by atoms with E-state index in [1.807, 2.05) is 49.1 Å². The van der Waals surface area contributed by atoms with Crippen molar-refractivity contribution in [3.63, 3.8) is 0 Å². The van der Waals surface area contributed by atoms with Crippen molar-refractivity contribution in [3.05, 3.63) is 52.9 Å². The number of amides is 2. The molecule has 3 rings (SSSR count). The first-order chi connectivity index (χ1) is 12.5. The van der Waals surface area contributed by atoms with Crippen LogP contribution < -0.4 is 5.32 Å². The van der Waals surface area contributed by atoms with Gasteiger partial charge in [0, 0.05) is 36.7 Å². The second-order valence-corrected chi connectivity index (χ2v) is 6.80. The molecule has 0 atom stereocenters. The van der Waals surface area contributed by atoms with E-state index in [2.05, 4.69) is 10.5 Å². The minimum absolute atomic E-state index is 0.0474. The number of aromatic nitrogens is 1. The summed E-state index contributed by atoms with van der Waals surface area (Å²) in [5.41, 5.74) is 2.56. The van der Waals surface area contributed by atoms with Gasteiger partial charge in [0.2, 0.25) is 5.91 Å². The predicted octanol–water partition coefficient (Wildman–Crippen LogP) is 2.65. The Bertz CT molecular complexity index is 742. The summed E-state index contributed by atoms with van der Waals surface area (Å²) >= 11 is 0. The first-order valence-electron chi connectivity index (χ1n) is 9.10. The van der Waals surface area contributed by atoms with Crippen LogP contribution in [0.2, 0.25) is 0 Å². The van der Waals surface area contributed by atoms with Gasteiger partial charge in [0.1, 0.15) is 5.76 Å². The van der Waals surface area contributed by atoms with Gasteiger partial charge in [-0.15, -0.1) is 0 Å². The minimum atomic E-state index is -0.0474. The fourth-order valence-corrected chi connectivity index (χ4v) is 3.38. The largest absolute Gasteiger partial charge is 0.361 e. The monoisotopic (exact) mass is 355 g/mol. The van der Waals surface area contributed by atoms with E-state index < -0.39 is 0 Å². The van der Waals surface area contributed by atoms with Gasteiger partial charge in [-0.3, -0.25) is 9.59 Å². The van der Waals surface area contributed by atoms with Gasteiger partial charge < -0.3 is 14.7 Å². The van der Waals surface area contributed by atoms with Gasteiger partial charge in [-0.1, -0.05) is 23.4 Å². The molecule has 138 valence electrons. The van der Waals surface area contributed by atoms with Crippen molar-refractivity contribution in [3.8, 4) is 0 Å². The Kier molecular flexibility index (Phi) is 5.71. The Morgan fingerprint density at radius 3 is 2.50 bits per heavy atom. The van der Waals surface area contributed by atoms with Crippen LogP contribution in [0.5, 0.6) is 0 Å². The van der Waals surface area contributed by atoms with Crippen molar-refractivity contribution >= 4 is 11.8 Å². The summed E-state index contributed by atoms with van der Waals surface area (Å²) in [6.07, 6.45) is 2.69. The highest BCUT2D eigenvalue weighted by Crippen LogP contribution is 2.17. The number of rotatable bonds is 5. The number of benzene rings is 1. The van der Waals surface area contributed by atoms with Gasteiger partial charge in [0.25, 0.3) is 5.91 Å². The maximum Gasteiger partial charge on any atom is 0.251 e. The summed E-state index contributed by atoms with van der Waals surface area (Å²) in [5, 5.41) is 7.00. The number of nitrogens with zero attached hydrogens (tertiary/aromatic N) is 2. The van der Waals surface area contributed by atoms with Gasteiger partial charge in [-0.05, 0) is 45.2 Å². The fourth-order valence-electron chi connectivity index (χ4n) is 3.38. The lowest BCUT2D eigenvalue weighted by molar-refractivity contribution is -0.132. The van der Waals surface area contributed by atoms with E-state index in [0.29, 0.717) is 31.5 Å². The summed E-state index contributed by atoms with van der Waals surface area (Å²) < 4.78 is 5.15. The van der Waals surface area contributed by atoms with Crippen molar-refractivity contribution in [1.29, 1.82) is 0 Å². The van der Waals surface area contributed by atoms with Crippen LogP contribution in [0.25, 0.3) is 0 Å². The zero-order valence-corrected chi connectivity index (χ0v) is 15.3. The van der Waals surface area contributed by atoms with Crippen molar-refractivity contribution in [1.82, 2.24) is 15.4 Å². The Labute approximate surface area is 153 Å². The van der Waals surface area contributed by atoms with E-state index in [9.17, 15) is 9.59 Å². The first-order valence-corrected chi connectivity index (χ1v) is 9.10. The van der Waals surface area contributed by atoms with E-state index >= 15 is 0 Å². The maximum absolute atomic E-state index is 12.5. The molecular weight excluding hydrogens is 330 g/mol. The lowest BCUT2D eigenvalue weighted by atomic mass is 10.0. The number of carbonyl (C=O) groups excluding carboxylic acids is 2. The average Bonchev–Trinajstić information content (AvgIpc) is 2.99. The van der Waals surface area contributed by atoms with Gasteiger partial charge in [0.15, 0.2) is 0 Å². The van der Waals surface area contributed by atoms with Gasteiger partial charge in [0.05, 0.1) is 5.69 Å². The zero-order valence-electron chi connectivity index (χ0n) is 15.3. The zero-order chi connectivity index (χ0) is 18.5. The van der Waals surface area contributed by atoms with E-state index in [0.717, 1.165) is 29.9 Å². The fraction of sp³-hybridized carbons (Fsp3) is 0.450. The number of likely N-dealkylation sites (tertiary alicyclic amines) is 1. The molecule has 2 heterocycles. The molecule has 2 amide bonds. The average molecular weight is 355 g/mol. The van der Waals surface area contributed by atoms with Gasteiger partial charge in [-0.2, -0.15) is 0 Å². The van der Waals surface area contributed by atoms with Crippen LogP contribution in [0.3, 0.4) is 0 Å². The molecular formula is C20H25N3O3. The third-order valence-electron chi connectivity index (χ3n) is 4.99. The Hall–Kier alpha value is -2.63. The van der Waals surface area contributed by atoms with Crippen LogP contribution in [0.1, 0.15) is 46.6 Å². The molecule has 1 fully saturated rings. The van der Waals surface area contributed by atoms with E-state index in [1.54, 1.807) is 0 Å². The molecule has 6 nitrogen and oxygen atoms in total. The molecule has 1 saturated heterocycles. The summed E-state index contributed by atoms with van der Waals surface area (Å²) in [4.78, 5) is 26.6. The minimum Gasteiger partial charge on any atom is -0.361 e. The van der Waals surface area contributed by atoms with E-state index in [4.69, 9.17) is 4.52 Å². The van der Waals surface area contributed by atoms with Gasteiger partial charge in [-0.25, -0.2) is 0 Å². The third kappa shape index (κ3) is 4.31. The number of aryl methyl sites for hydroxylation is 2. The number of hydrogen-bond donors (Lipinski definition) is 1. The summed E-state index contributed by atoms with van der Waals surface area (Å²) in [5.74, 6) is 0.893. The highest BCUT2D eigenvalue weighted by Gasteiger charge is 2.24. The molecule has 0 aliphatic carbocycles. The Morgan fingerprint density at radius 2 is 1.88 bits per heavy atom. The van der Waals surface area contributed by atoms with Gasteiger partial charge >= 0.3 is 0 Å². The molecule has 0 unspecified atom stereocenters. The second kappa shape index (κ2) is 8.17. The van der Waals surface area contributed by atoms with Crippen molar-refractivity contribution in [2.24, 2.45) is 0 Å². The number of piperidine rings is 1. The normalized spacial score (nSPS) is 15.1. The molecule has 1 aromatic carbocycles. The number of nitrogens with one attached hydrogen (secondary N) is 1. The van der Waals surface area contributed by atoms with Crippen molar-refractivity contribution in [2.75, 3.05) is 13.1 Å². The van der Waals surface area contributed by atoms with Crippen LogP contribution >= 0.6 is 0 Å². The number of carbonyl (C=O) groups is 2. The molecule has 0 saturated carbocycles. The summed E-state index contributed by atoms with van der Waals surface area (Å²) in [6.45, 7) is 5.14. The van der Waals surface area contributed by atoms with E-state index in [-0.39, 0.29) is 17.9 Å². The lowest BCUT2D eigenvalue weighted by Crippen LogP contribution is -2.46. The standard InChI is InChI=1S/C20H25N3O3/c1-14-18(15(2)26-22-14)8-9-19(24)23-12-10-17(11-13-23)21-20(25)16-6-4-3-5-7-16/h3-7,17H,8-13H2,1-2H3,(H,21,25). The highest BCUT2D eigenvalue weighted by atomic mass is 16.5. The van der Waals surface area contributed by atoms with Crippen molar-refractivity contribution in [2.45, 2.75) is 45.6 Å². The second-order valence-electron chi connectivity index (χ2n) is 6.80. The molecule has 1 aromatic heterocycles. The predicted molar refractivity (Wildman–Crippen MR) is 97.8 cm³/mol. The molecule has 0 spiro atoms. The van der Waals surface area contributed by atoms with Crippen LogP contribution in [0, 0.1) is 13.8 Å². The molecule has 1 N–H and O–H groups in total. The highest BCUT2D eigenvalue weighted by molar-refractivity contribution is 5.94. The first kappa shape index (κ1) is 18.2. The van der Waals surface area contributed by atoms with Crippen molar-refractivity contribution < 1.29 is 14.1 Å². The third-order valence-corrected chi connectivity index (χ3v) is 4.99. The van der Waals surface area contributed by atoms with Crippen LogP contribution in [0.4, 0.5) is 0 Å². The maximum atomic E-state index is 12.5. The molecule has 6 heteroatoms. The van der Waals surface area contributed by atoms with Crippen LogP contribution in [-0.2, 0) is 11.2 Å². The molecule has 2 aromatic rings. The lowest BCUT2D eigenvalue weighted by Gasteiger charge is -2.32. The molecule has 0 radical (unpaired) electrons. The molecule has 0 bridgehead atoms. The van der Waals surface area contributed by atoms with E-state index in [1.165, 1.54) is 0 Å². The molecule has 1 aliphatic heterocycles. The Morgan fingerprint density at radius 1 is 1.19 bits per heavy atom. The molecule has 26 heavy (non-hydrogen) atoms. The topological polar surface area (TPSA) is 75.4 Å².